The number of hydrogen-bond donors (Lipinski definition) is 2. The second-order valence-corrected chi connectivity index (χ2v) is 3.39. The van der Waals surface area contributed by atoms with Crippen molar-refractivity contribution in [2.45, 2.75) is 6.42 Å². The highest BCUT2D eigenvalue weighted by molar-refractivity contribution is 6.08. The molecule has 1 aliphatic rings. The lowest BCUT2D eigenvalue weighted by atomic mass is 10.1. The van der Waals surface area contributed by atoms with Crippen LogP contribution in [0.15, 0.2) is 29.8 Å². The molecule has 0 saturated heterocycles. The number of rotatable bonds is 2. The highest BCUT2D eigenvalue weighted by Crippen LogP contribution is 2.24. The number of carboxylic acids is 1. The van der Waals surface area contributed by atoms with E-state index in [1.165, 1.54) is 18.2 Å². The number of carbonyl (C=O) groups excluding carboxylic acids is 1. The van der Waals surface area contributed by atoms with E-state index in [4.69, 9.17) is 5.11 Å². The Morgan fingerprint density at radius 1 is 1.44 bits per heavy atom. The molecule has 0 aromatic heterocycles. The van der Waals surface area contributed by atoms with Crippen LogP contribution in [-0.4, -0.2) is 17.0 Å². The molecule has 1 heterocycles. The molecule has 0 atom stereocenters. The number of carbonyl (C=O) groups is 2. The summed E-state index contributed by atoms with van der Waals surface area (Å²) < 4.78 is 13.0. The lowest BCUT2D eigenvalue weighted by Crippen LogP contribution is -2.14. The van der Waals surface area contributed by atoms with Crippen molar-refractivity contribution in [3.05, 3.63) is 41.2 Å². The zero-order chi connectivity index (χ0) is 11.7. The SMILES string of the molecule is O=C1CC(C(=O)O)=C(c2cccc(F)c2)N1. The van der Waals surface area contributed by atoms with E-state index in [1.807, 2.05) is 0 Å². The minimum Gasteiger partial charge on any atom is -0.478 e. The van der Waals surface area contributed by atoms with Gasteiger partial charge in [-0.1, -0.05) is 12.1 Å². The summed E-state index contributed by atoms with van der Waals surface area (Å²) in [6.07, 6.45) is -0.179. The van der Waals surface area contributed by atoms with Gasteiger partial charge in [0.25, 0.3) is 0 Å². The first-order chi connectivity index (χ1) is 7.58. The number of amides is 1. The molecule has 0 spiro atoms. The summed E-state index contributed by atoms with van der Waals surface area (Å²) in [6.45, 7) is 0. The fraction of sp³-hybridized carbons (Fsp3) is 0.0909. The Kier molecular flexibility index (Phi) is 2.44. The summed E-state index contributed by atoms with van der Waals surface area (Å²) in [5, 5.41) is 11.3. The summed E-state index contributed by atoms with van der Waals surface area (Å²) in [5.74, 6) is -2.04. The molecule has 2 N–H and O–H groups in total. The first-order valence-corrected chi connectivity index (χ1v) is 4.60. The van der Waals surface area contributed by atoms with Crippen molar-refractivity contribution in [1.29, 1.82) is 0 Å². The monoisotopic (exact) mass is 221 g/mol. The molecule has 0 bridgehead atoms. The number of nitrogens with one attached hydrogen (secondary N) is 1. The minimum absolute atomic E-state index is 0.0319. The average Bonchev–Trinajstić information content (AvgIpc) is 2.60. The van der Waals surface area contributed by atoms with Crippen molar-refractivity contribution in [2.75, 3.05) is 0 Å². The second kappa shape index (κ2) is 3.77. The van der Waals surface area contributed by atoms with Crippen molar-refractivity contribution in [3.63, 3.8) is 0 Å². The van der Waals surface area contributed by atoms with Crippen LogP contribution in [-0.2, 0) is 9.59 Å². The maximum absolute atomic E-state index is 13.0. The fourth-order valence-corrected chi connectivity index (χ4v) is 1.58. The number of halogens is 1. The van der Waals surface area contributed by atoms with Gasteiger partial charge in [0.1, 0.15) is 5.82 Å². The van der Waals surface area contributed by atoms with Crippen LogP contribution in [0, 0.1) is 5.82 Å². The second-order valence-electron chi connectivity index (χ2n) is 3.39. The van der Waals surface area contributed by atoms with E-state index in [-0.39, 0.29) is 17.7 Å². The number of hydrogen-bond acceptors (Lipinski definition) is 2. The molecule has 0 radical (unpaired) electrons. The number of aliphatic carboxylic acids is 1. The maximum atomic E-state index is 13.0. The van der Waals surface area contributed by atoms with Gasteiger partial charge in [-0.25, -0.2) is 9.18 Å². The Bertz CT molecular complexity index is 508. The number of carboxylic acid groups (broad SMARTS) is 1. The van der Waals surface area contributed by atoms with Gasteiger partial charge in [0, 0.05) is 5.56 Å². The van der Waals surface area contributed by atoms with Crippen molar-refractivity contribution in [1.82, 2.24) is 5.32 Å². The van der Waals surface area contributed by atoms with Crippen molar-refractivity contribution in [3.8, 4) is 0 Å². The molecule has 1 aliphatic heterocycles. The van der Waals surface area contributed by atoms with Crippen LogP contribution < -0.4 is 5.32 Å². The topological polar surface area (TPSA) is 66.4 Å². The molecule has 82 valence electrons. The van der Waals surface area contributed by atoms with E-state index >= 15 is 0 Å². The van der Waals surface area contributed by atoms with Gasteiger partial charge in [-0.2, -0.15) is 0 Å². The third-order valence-corrected chi connectivity index (χ3v) is 2.27. The Morgan fingerprint density at radius 3 is 2.81 bits per heavy atom. The smallest absolute Gasteiger partial charge is 0.334 e. The molecule has 0 aliphatic carbocycles. The highest BCUT2D eigenvalue weighted by atomic mass is 19.1. The van der Waals surface area contributed by atoms with E-state index in [9.17, 15) is 14.0 Å². The van der Waals surface area contributed by atoms with E-state index < -0.39 is 17.7 Å². The van der Waals surface area contributed by atoms with Gasteiger partial charge in [0.15, 0.2) is 0 Å². The Hall–Kier alpha value is -2.17. The predicted octanol–water partition coefficient (Wildman–Crippen LogP) is 1.14. The first kappa shape index (κ1) is 10.4. The van der Waals surface area contributed by atoms with Crippen LogP contribution >= 0.6 is 0 Å². The van der Waals surface area contributed by atoms with Gasteiger partial charge < -0.3 is 10.4 Å². The molecule has 1 amide bonds. The largest absolute Gasteiger partial charge is 0.478 e. The van der Waals surface area contributed by atoms with Gasteiger partial charge in [0.2, 0.25) is 5.91 Å². The van der Waals surface area contributed by atoms with E-state index in [0.717, 1.165) is 0 Å². The van der Waals surface area contributed by atoms with Gasteiger partial charge in [0.05, 0.1) is 17.7 Å². The molecule has 4 nitrogen and oxygen atoms in total. The fourth-order valence-electron chi connectivity index (χ4n) is 1.58. The van der Waals surface area contributed by atoms with Crippen molar-refractivity contribution < 1.29 is 19.1 Å². The van der Waals surface area contributed by atoms with Crippen LogP contribution in [0.4, 0.5) is 4.39 Å². The quantitative estimate of drug-likeness (QED) is 0.787. The maximum Gasteiger partial charge on any atom is 0.334 e. The zero-order valence-corrected chi connectivity index (χ0v) is 8.16. The van der Waals surface area contributed by atoms with Crippen LogP contribution in [0.3, 0.4) is 0 Å². The van der Waals surface area contributed by atoms with Crippen LogP contribution in [0.2, 0.25) is 0 Å². The third kappa shape index (κ3) is 1.79. The third-order valence-electron chi connectivity index (χ3n) is 2.27. The minimum atomic E-state index is -1.17. The van der Waals surface area contributed by atoms with Gasteiger partial charge in [-0.15, -0.1) is 0 Å². The Morgan fingerprint density at radius 2 is 2.19 bits per heavy atom. The molecule has 1 aromatic carbocycles. The number of benzene rings is 1. The van der Waals surface area contributed by atoms with Gasteiger partial charge in [-0.3, -0.25) is 4.79 Å². The van der Waals surface area contributed by atoms with E-state index in [2.05, 4.69) is 5.32 Å². The summed E-state index contributed by atoms with van der Waals surface area (Å²) in [7, 11) is 0. The molecule has 0 saturated carbocycles. The van der Waals surface area contributed by atoms with Gasteiger partial charge in [-0.05, 0) is 12.1 Å². The molecule has 1 aromatic rings. The molecule has 0 fully saturated rings. The lowest BCUT2D eigenvalue weighted by molar-refractivity contribution is -0.133. The summed E-state index contributed by atoms with van der Waals surface area (Å²) in [4.78, 5) is 22.0. The average molecular weight is 221 g/mol. The molecular formula is C11H8FNO3. The van der Waals surface area contributed by atoms with Gasteiger partial charge >= 0.3 is 5.97 Å². The van der Waals surface area contributed by atoms with Crippen molar-refractivity contribution >= 4 is 17.6 Å². The van der Waals surface area contributed by atoms with Crippen LogP contribution in [0.25, 0.3) is 5.70 Å². The molecule has 0 unspecified atom stereocenters. The highest BCUT2D eigenvalue weighted by Gasteiger charge is 2.26. The van der Waals surface area contributed by atoms with Crippen LogP contribution in [0.5, 0.6) is 0 Å². The summed E-state index contributed by atoms with van der Waals surface area (Å²) in [5.41, 5.74) is 0.510. The van der Waals surface area contributed by atoms with Crippen LogP contribution in [0.1, 0.15) is 12.0 Å². The predicted molar refractivity (Wildman–Crippen MR) is 53.7 cm³/mol. The summed E-state index contributed by atoms with van der Waals surface area (Å²) >= 11 is 0. The molecule has 16 heavy (non-hydrogen) atoms. The van der Waals surface area contributed by atoms with E-state index in [0.29, 0.717) is 5.56 Å². The molecule has 2 rings (SSSR count). The Balaban J connectivity index is 2.49. The van der Waals surface area contributed by atoms with E-state index in [1.54, 1.807) is 6.07 Å². The summed E-state index contributed by atoms with van der Waals surface area (Å²) in [6, 6.07) is 5.44. The molecule has 5 heteroatoms. The Labute approximate surface area is 90.4 Å². The first-order valence-electron chi connectivity index (χ1n) is 4.60. The van der Waals surface area contributed by atoms with Crippen molar-refractivity contribution in [2.24, 2.45) is 0 Å². The normalized spacial score (nSPS) is 15.2. The lowest BCUT2D eigenvalue weighted by Gasteiger charge is -2.04. The zero-order valence-electron chi connectivity index (χ0n) is 8.16. The standard InChI is InChI=1S/C11H8FNO3/c12-7-3-1-2-6(4-7)10-8(11(15)16)5-9(14)13-10/h1-4H,5H2,(H,13,14)(H,15,16). The molecular weight excluding hydrogens is 213 g/mol.